The standard InChI is InChI=1S/C6H7N3S/c7-6-9-4-2-1-3-8-5(4)10-6/h1-3,5,8H,(H2,7,9). The van der Waals surface area contributed by atoms with E-state index in [0.29, 0.717) is 5.17 Å². The Hall–Kier alpha value is -0.900. The molecule has 0 aromatic carbocycles. The van der Waals surface area contributed by atoms with Gasteiger partial charge in [0.15, 0.2) is 5.17 Å². The number of nitrogens with two attached hydrogens (primary N) is 1. The molecule has 0 fully saturated rings. The zero-order valence-corrected chi connectivity index (χ0v) is 6.06. The van der Waals surface area contributed by atoms with Crippen molar-refractivity contribution in [3.05, 3.63) is 24.0 Å². The van der Waals surface area contributed by atoms with Crippen molar-refractivity contribution in [3.8, 4) is 0 Å². The second-order valence-corrected chi connectivity index (χ2v) is 3.19. The molecule has 3 nitrogen and oxygen atoms in total. The van der Waals surface area contributed by atoms with Crippen LogP contribution in [0.1, 0.15) is 0 Å². The first kappa shape index (κ1) is 5.85. The number of aliphatic imine (C=N–C) groups is 1. The Bertz CT molecular complexity index is 241. The second-order valence-electron chi connectivity index (χ2n) is 2.07. The van der Waals surface area contributed by atoms with Gasteiger partial charge in [0.05, 0.1) is 5.70 Å². The zero-order valence-electron chi connectivity index (χ0n) is 5.24. The predicted octanol–water partition coefficient (Wildman–Crippen LogP) is 0.375. The van der Waals surface area contributed by atoms with E-state index in [4.69, 9.17) is 5.73 Å². The molecule has 2 heterocycles. The van der Waals surface area contributed by atoms with Gasteiger partial charge in [-0.1, -0.05) is 11.8 Å². The van der Waals surface area contributed by atoms with Gasteiger partial charge in [-0.15, -0.1) is 0 Å². The molecule has 2 aliphatic heterocycles. The lowest BCUT2D eigenvalue weighted by atomic mass is 10.3. The number of allylic oxidation sites excluding steroid dienone is 2. The van der Waals surface area contributed by atoms with E-state index >= 15 is 0 Å². The molecule has 4 heteroatoms. The van der Waals surface area contributed by atoms with Crippen molar-refractivity contribution < 1.29 is 0 Å². The monoisotopic (exact) mass is 153 g/mol. The summed E-state index contributed by atoms with van der Waals surface area (Å²) in [6.45, 7) is 0. The maximum absolute atomic E-state index is 5.50. The van der Waals surface area contributed by atoms with Gasteiger partial charge >= 0.3 is 0 Å². The van der Waals surface area contributed by atoms with Gasteiger partial charge in [0.1, 0.15) is 5.37 Å². The third-order valence-electron chi connectivity index (χ3n) is 1.36. The van der Waals surface area contributed by atoms with Crippen molar-refractivity contribution in [2.24, 2.45) is 10.7 Å². The summed E-state index contributed by atoms with van der Waals surface area (Å²) in [6.07, 6.45) is 5.79. The van der Waals surface area contributed by atoms with Crippen LogP contribution < -0.4 is 11.1 Å². The minimum absolute atomic E-state index is 0.255. The number of amidine groups is 1. The van der Waals surface area contributed by atoms with Crippen LogP contribution in [0.3, 0.4) is 0 Å². The van der Waals surface area contributed by atoms with Gasteiger partial charge in [-0.25, -0.2) is 4.99 Å². The Morgan fingerprint density at radius 3 is 3.40 bits per heavy atom. The highest BCUT2D eigenvalue weighted by molar-refractivity contribution is 8.14. The summed E-state index contributed by atoms with van der Waals surface area (Å²) in [6, 6.07) is 0. The van der Waals surface area contributed by atoms with Crippen molar-refractivity contribution >= 4 is 16.9 Å². The van der Waals surface area contributed by atoms with Gasteiger partial charge in [0.2, 0.25) is 0 Å². The van der Waals surface area contributed by atoms with Crippen LogP contribution in [0.2, 0.25) is 0 Å². The third kappa shape index (κ3) is 0.806. The van der Waals surface area contributed by atoms with Crippen LogP contribution in [0.25, 0.3) is 0 Å². The normalized spacial score (nSPS) is 28.6. The van der Waals surface area contributed by atoms with Crippen molar-refractivity contribution in [2.75, 3.05) is 0 Å². The van der Waals surface area contributed by atoms with Gasteiger partial charge < -0.3 is 11.1 Å². The summed E-state index contributed by atoms with van der Waals surface area (Å²) in [7, 11) is 0. The molecule has 0 saturated carbocycles. The van der Waals surface area contributed by atoms with E-state index in [2.05, 4.69) is 10.3 Å². The molecule has 0 amide bonds. The molecule has 0 aromatic rings. The average Bonchev–Trinajstić information content (AvgIpc) is 2.27. The maximum atomic E-state index is 5.50. The Labute approximate surface area is 63.1 Å². The van der Waals surface area contributed by atoms with Gasteiger partial charge in [-0.3, -0.25) is 0 Å². The Kier molecular flexibility index (Phi) is 1.20. The molecule has 0 radical (unpaired) electrons. The Morgan fingerprint density at radius 2 is 2.60 bits per heavy atom. The first-order valence-electron chi connectivity index (χ1n) is 3.00. The number of dihydropyridines is 1. The summed E-state index contributed by atoms with van der Waals surface area (Å²) in [5, 5.41) is 4.03. The molecular weight excluding hydrogens is 146 g/mol. The first-order valence-corrected chi connectivity index (χ1v) is 3.88. The quantitative estimate of drug-likeness (QED) is 0.529. The topological polar surface area (TPSA) is 50.4 Å². The third-order valence-corrected chi connectivity index (χ3v) is 2.30. The minimum atomic E-state index is 0.255. The van der Waals surface area contributed by atoms with Crippen LogP contribution in [-0.2, 0) is 0 Å². The van der Waals surface area contributed by atoms with E-state index in [1.54, 1.807) is 11.8 Å². The van der Waals surface area contributed by atoms with Gasteiger partial charge in [0.25, 0.3) is 0 Å². The molecule has 3 N–H and O–H groups in total. The van der Waals surface area contributed by atoms with Gasteiger partial charge in [0, 0.05) is 0 Å². The number of hydrogen-bond donors (Lipinski definition) is 2. The van der Waals surface area contributed by atoms with Crippen LogP contribution in [0.5, 0.6) is 0 Å². The molecule has 0 spiro atoms. The van der Waals surface area contributed by atoms with Crippen LogP contribution >= 0.6 is 11.8 Å². The Morgan fingerprint density at radius 1 is 1.70 bits per heavy atom. The Balaban J connectivity index is 2.31. The first-order chi connectivity index (χ1) is 4.86. The molecule has 0 saturated heterocycles. The number of nitrogens with one attached hydrogen (secondary N) is 1. The molecule has 1 unspecified atom stereocenters. The highest BCUT2D eigenvalue weighted by atomic mass is 32.2. The smallest absolute Gasteiger partial charge is 0.161 e. The predicted molar refractivity (Wildman–Crippen MR) is 43.4 cm³/mol. The van der Waals surface area contributed by atoms with Crippen LogP contribution in [0.4, 0.5) is 0 Å². The van der Waals surface area contributed by atoms with E-state index in [1.807, 2.05) is 18.4 Å². The van der Waals surface area contributed by atoms with E-state index in [0.717, 1.165) is 5.70 Å². The molecule has 1 atom stereocenters. The molecular formula is C6H7N3S. The molecule has 2 aliphatic rings. The SMILES string of the molecule is NC1=NC2=CC=CNC2S1. The van der Waals surface area contributed by atoms with E-state index in [9.17, 15) is 0 Å². The molecule has 0 aromatic heterocycles. The van der Waals surface area contributed by atoms with Crippen molar-refractivity contribution in [1.82, 2.24) is 5.32 Å². The summed E-state index contributed by atoms with van der Waals surface area (Å²) in [4.78, 5) is 4.12. The second kappa shape index (κ2) is 2.05. The summed E-state index contributed by atoms with van der Waals surface area (Å²) in [5.74, 6) is 0. The van der Waals surface area contributed by atoms with Gasteiger partial charge in [-0.2, -0.15) is 0 Å². The molecule has 10 heavy (non-hydrogen) atoms. The summed E-state index contributed by atoms with van der Waals surface area (Å²) >= 11 is 1.55. The highest BCUT2D eigenvalue weighted by Crippen LogP contribution is 2.27. The van der Waals surface area contributed by atoms with Gasteiger partial charge in [-0.05, 0) is 18.4 Å². The number of fused-ring (bicyclic) bond motifs is 1. The average molecular weight is 153 g/mol. The van der Waals surface area contributed by atoms with E-state index in [-0.39, 0.29) is 5.37 Å². The number of hydrogen-bond acceptors (Lipinski definition) is 4. The highest BCUT2D eigenvalue weighted by Gasteiger charge is 2.22. The lowest BCUT2D eigenvalue weighted by Gasteiger charge is -2.11. The van der Waals surface area contributed by atoms with Crippen LogP contribution in [0, 0.1) is 0 Å². The van der Waals surface area contributed by atoms with Crippen LogP contribution in [0.15, 0.2) is 29.0 Å². The largest absolute Gasteiger partial charge is 0.378 e. The van der Waals surface area contributed by atoms with Crippen molar-refractivity contribution in [1.29, 1.82) is 0 Å². The maximum Gasteiger partial charge on any atom is 0.161 e. The lowest BCUT2D eigenvalue weighted by molar-refractivity contribution is 0.864. The summed E-state index contributed by atoms with van der Waals surface area (Å²) in [5.41, 5.74) is 6.52. The fourth-order valence-electron chi connectivity index (χ4n) is 0.927. The van der Waals surface area contributed by atoms with E-state index in [1.165, 1.54) is 0 Å². The van der Waals surface area contributed by atoms with Crippen molar-refractivity contribution in [2.45, 2.75) is 5.37 Å². The van der Waals surface area contributed by atoms with E-state index < -0.39 is 0 Å². The fourth-order valence-corrected chi connectivity index (χ4v) is 1.73. The molecule has 2 rings (SSSR count). The zero-order chi connectivity index (χ0) is 6.97. The number of rotatable bonds is 0. The number of nitrogens with zero attached hydrogens (tertiary/aromatic N) is 1. The number of thioether (sulfide) groups is 1. The fraction of sp³-hybridized carbons (Fsp3) is 0.167. The molecule has 0 aliphatic carbocycles. The van der Waals surface area contributed by atoms with Crippen LogP contribution in [-0.4, -0.2) is 10.5 Å². The molecule has 52 valence electrons. The van der Waals surface area contributed by atoms with Crippen molar-refractivity contribution in [3.63, 3.8) is 0 Å². The summed E-state index contributed by atoms with van der Waals surface area (Å²) < 4.78 is 0. The molecule has 0 bridgehead atoms. The minimum Gasteiger partial charge on any atom is -0.378 e. The lowest BCUT2D eigenvalue weighted by Crippen LogP contribution is -2.22.